The van der Waals surface area contributed by atoms with Crippen molar-refractivity contribution in [3.8, 4) is 0 Å². The normalized spacial score (nSPS) is 19.1. The molecule has 2 heterocycles. The molecule has 1 saturated heterocycles. The number of hydrogen-bond acceptors (Lipinski definition) is 3. The van der Waals surface area contributed by atoms with Gasteiger partial charge in [-0.1, -0.05) is 6.42 Å². The molecule has 18 heavy (non-hydrogen) atoms. The van der Waals surface area contributed by atoms with Crippen LogP contribution in [0.25, 0.3) is 0 Å². The second kappa shape index (κ2) is 7.38. The van der Waals surface area contributed by atoms with E-state index in [-0.39, 0.29) is 24.4 Å². The van der Waals surface area contributed by atoms with E-state index >= 15 is 0 Å². The van der Waals surface area contributed by atoms with E-state index in [0.717, 1.165) is 31.5 Å². The molecule has 6 heteroatoms. The number of hydrogen-bond donors (Lipinski definition) is 2. The van der Waals surface area contributed by atoms with E-state index in [1.165, 1.54) is 6.42 Å². The van der Waals surface area contributed by atoms with Crippen LogP contribution in [0.2, 0.25) is 0 Å². The van der Waals surface area contributed by atoms with Crippen LogP contribution in [-0.2, 0) is 11.3 Å². The average Bonchev–Trinajstić information content (AvgIpc) is 2.76. The number of amides is 1. The van der Waals surface area contributed by atoms with Gasteiger partial charge in [0, 0.05) is 12.7 Å². The Hall–Kier alpha value is -1.07. The number of rotatable bonds is 4. The molecule has 1 atom stereocenters. The van der Waals surface area contributed by atoms with Crippen LogP contribution in [0.15, 0.2) is 12.4 Å². The van der Waals surface area contributed by atoms with E-state index < -0.39 is 0 Å². The molecule has 0 unspecified atom stereocenters. The Balaban J connectivity index is 0.00000162. The fourth-order valence-corrected chi connectivity index (χ4v) is 2.08. The second-order valence-electron chi connectivity index (χ2n) is 4.57. The molecule has 0 radical (unpaired) electrons. The first-order valence-electron chi connectivity index (χ1n) is 6.26. The number of nitrogens with one attached hydrogen (secondary N) is 2. The first-order valence-corrected chi connectivity index (χ1v) is 6.26. The van der Waals surface area contributed by atoms with Gasteiger partial charge in [-0.05, 0) is 31.9 Å². The minimum Gasteiger partial charge on any atom is -0.353 e. The Morgan fingerprint density at radius 3 is 3.06 bits per heavy atom. The van der Waals surface area contributed by atoms with Gasteiger partial charge in [0.2, 0.25) is 5.91 Å². The molecule has 0 saturated carbocycles. The van der Waals surface area contributed by atoms with E-state index in [0.29, 0.717) is 6.54 Å². The summed E-state index contributed by atoms with van der Waals surface area (Å²) in [5.74, 6) is 0.119. The molecule has 1 aromatic rings. The number of carbonyl (C=O) groups is 1. The zero-order valence-corrected chi connectivity index (χ0v) is 11.5. The first-order chi connectivity index (χ1) is 8.25. The molecule has 1 amide bonds. The van der Waals surface area contributed by atoms with Gasteiger partial charge in [-0.3, -0.25) is 9.48 Å². The number of halogens is 1. The Morgan fingerprint density at radius 1 is 1.61 bits per heavy atom. The summed E-state index contributed by atoms with van der Waals surface area (Å²) in [4.78, 5) is 11.8. The van der Waals surface area contributed by atoms with Crippen LogP contribution >= 0.6 is 12.4 Å². The highest BCUT2D eigenvalue weighted by molar-refractivity contribution is 5.85. The van der Waals surface area contributed by atoms with Crippen LogP contribution < -0.4 is 10.6 Å². The van der Waals surface area contributed by atoms with Gasteiger partial charge in [-0.2, -0.15) is 5.10 Å². The number of piperidine rings is 1. The SMILES string of the molecule is Cc1cnn(CCNC(=O)[C@H]2CCCCN2)c1.Cl. The smallest absolute Gasteiger partial charge is 0.237 e. The third-order valence-corrected chi connectivity index (χ3v) is 3.03. The largest absolute Gasteiger partial charge is 0.353 e. The van der Waals surface area contributed by atoms with Gasteiger partial charge in [-0.25, -0.2) is 0 Å². The van der Waals surface area contributed by atoms with Crippen LogP contribution in [0, 0.1) is 6.92 Å². The summed E-state index contributed by atoms with van der Waals surface area (Å²) in [5.41, 5.74) is 1.14. The second-order valence-corrected chi connectivity index (χ2v) is 4.57. The maximum absolute atomic E-state index is 11.8. The third-order valence-electron chi connectivity index (χ3n) is 3.03. The highest BCUT2D eigenvalue weighted by atomic mass is 35.5. The van der Waals surface area contributed by atoms with Gasteiger partial charge in [-0.15, -0.1) is 12.4 Å². The van der Waals surface area contributed by atoms with Crippen LogP contribution in [0.3, 0.4) is 0 Å². The van der Waals surface area contributed by atoms with Crippen molar-refractivity contribution in [3.05, 3.63) is 18.0 Å². The fraction of sp³-hybridized carbons (Fsp3) is 0.667. The summed E-state index contributed by atoms with van der Waals surface area (Å²) >= 11 is 0. The highest BCUT2D eigenvalue weighted by Gasteiger charge is 2.19. The molecule has 0 bridgehead atoms. The standard InChI is InChI=1S/C12H20N4O.ClH/c1-10-8-15-16(9-10)7-6-14-12(17)11-4-2-3-5-13-11;/h8-9,11,13H,2-7H2,1H3,(H,14,17);1H/t11-;/m1./s1. The summed E-state index contributed by atoms with van der Waals surface area (Å²) < 4.78 is 1.85. The summed E-state index contributed by atoms with van der Waals surface area (Å²) in [7, 11) is 0. The lowest BCUT2D eigenvalue weighted by Gasteiger charge is -2.22. The Bertz CT molecular complexity index is 374. The van der Waals surface area contributed by atoms with Crippen LogP contribution in [0.4, 0.5) is 0 Å². The minimum absolute atomic E-state index is 0. The van der Waals surface area contributed by atoms with Gasteiger partial charge < -0.3 is 10.6 Å². The van der Waals surface area contributed by atoms with E-state index in [9.17, 15) is 4.79 Å². The molecule has 5 nitrogen and oxygen atoms in total. The summed E-state index contributed by atoms with van der Waals surface area (Å²) in [6.07, 6.45) is 7.07. The molecular weight excluding hydrogens is 252 g/mol. The third kappa shape index (κ3) is 4.31. The van der Waals surface area contributed by atoms with Crippen LogP contribution in [0.1, 0.15) is 24.8 Å². The molecular formula is C12H21ClN4O. The van der Waals surface area contributed by atoms with Crippen molar-refractivity contribution in [1.29, 1.82) is 0 Å². The monoisotopic (exact) mass is 272 g/mol. The van der Waals surface area contributed by atoms with Gasteiger partial charge in [0.15, 0.2) is 0 Å². The van der Waals surface area contributed by atoms with Gasteiger partial charge in [0.05, 0.1) is 18.8 Å². The fourth-order valence-electron chi connectivity index (χ4n) is 2.08. The quantitative estimate of drug-likeness (QED) is 0.855. The van der Waals surface area contributed by atoms with E-state index in [4.69, 9.17) is 0 Å². The molecule has 1 aliphatic heterocycles. The number of carbonyl (C=O) groups excluding carboxylic acids is 1. The first kappa shape index (κ1) is 15.0. The molecule has 1 aromatic heterocycles. The molecule has 0 aliphatic carbocycles. The maximum atomic E-state index is 11.8. The van der Waals surface area contributed by atoms with Gasteiger partial charge in [0.1, 0.15) is 0 Å². The van der Waals surface area contributed by atoms with E-state index in [1.807, 2.05) is 24.0 Å². The van der Waals surface area contributed by atoms with Crippen LogP contribution in [-0.4, -0.2) is 34.8 Å². The zero-order chi connectivity index (χ0) is 12.1. The number of nitrogens with zero attached hydrogens (tertiary/aromatic N) is 2. The summed E-state index contributed by atoms with van der Waals surface area (Å²) in [5, 5.41) is 10.4. The highest BCUT2D eigenvalue weighted by Crippen LogP contribution is 2.06. The van der Waals surface area contributed by atoms with E-state index in [2.05, 4.69) is 15.7 Å². The lowest BCUT2D eigenvalue weighted by Crippen LogP contribution is -2.47. The summed E-state index contributed by atoms with van der Waals surface area (Å²) in [6.45, 7) is 4.33. The van der Waals surface area contributed by atoms with E-state index in [1.54, 1.807) is 0 Å². The van der Waals surface area contributed by atoms with Crippen LogP contribution in [0.5, 0.6) is 0 Å². The maximum Gasteiger partial charge on any atom is 0.237 e. The Kier molecular flexibility index (Phi) is 6.15. The van der Waals surface area contributed by atoms with Crippen molar-refractivity contribution >= 4 is 18.3 Å². The molecule has 1 fully saturated rings. The lowest BCUT2D eigenvalue weighted by atomic mass is 10.0. The van der Waals surface area contributed by atoms with Crippen molar-refractivity contribution in [1.82, 2.24) is 20.4 Å². The topological polar surface area (TPSA) is 59.0 Å². The zero-order valence-electron chi connectivity index (χ0n) is 10.7. The minimum atomic E-state index is 0. The molecule has 2 N–H and O–H groups in total. The van der Waals surface area contributed by atoms with Crippen molar-refractivity contribution < 1.29 is 4.79 Å². The van der Waals surface area contributed by atoms with Crippen molar-refractivity contribution in [3.63, 3.8) is 0 Å². The average molecular weight is 273 g/mol. The molecule has 102 valence electrons. The Labute approximate surface area is 114 Å². The van der Waals surface area contributed by atoms with Crippen molar-refractivity contribution in [2.45, 2.75) is 38.8 Å². The lowest BCUT2D eigenvalue weighted by molar-refractivity contribution is -0.123. The number of aromatic nitrogens is 2. The summed E-state index contributed by atoms with van der Waals surface area (Å²) in [6, 6.07) is 0.00288. The molecule has 0 aromatic carbocycles. The molecule has 0 spiro atoms. The predicted octanol–water partition coefficient (Wildman–Crippen LogP) is 0.872. The predicted molar refractivity (Wildman–Crippen MR) is 72.9 cm³/mol. The van der Waals surface area contributed by atoms with Crippen molar-refractivity contribution in [2.75, 3.05) is 13.1 Å². The van der Waals surface area contributed by atoms with Gasteiger partial charge >= 0.3 is 0 Å². The Morgan fingerprint density at radius 2 is 2.44 bits per heavy atom. The number of aryl methyl sites for hydroxylation is 1. The van der Waals surface area contributed by atoms with Crippen molar-refractivity contribution in [2.24, 2.45) is 0 Å². The molecule has 1 aliphatic rings. The van der Waals surface area contributed by atoms with Gasteiger partial charge in [0.25, 0.3) is 0 Å². The molecule has 2 rings (SSSR count).